The number of thiocarbonyl (C=S) groups is 1. The summed E-state index contributed by atoms with van der Waals surface area (Å²) in [6, 6.07) is 12.3. The molecule has 1 aromatic carbocycles. The van der Waals surface area contributed by atoms with Crippen LogP contribution in [0.5, 0.6) is 0 Å². The van der Waals surface area contributed by atoms with Gasteiger partial charge in [-0.3, -0.25) is 9.52 Å². The molecule has 0 fully saturated rings. The number of benzene rings is 1. The zero-order valence-corrected chi connectivity index (χ0v) is 19.1. The van der Waals surface area contributed by atoms with Gasteiger partial charge in [-0.15, -0.1) is 11.3 Å². The summed E-state index contributed by atoms with van der Waals surface area (Å²) in [6.45, 7) is 0.357. The van der Waals surface area contributed by atoms with Crippen LogP contribution in [0, 0.1) is 0 Å². The van der Waals surface area contributed by atoms with Crippen molar-refractivity contribution in [2.75, 3.05) is 13.6 Å². The third-order valence-electron chi connectivity index (χ3n) is 4.23. The van der Waals surface area contributed by atoms with Crippen LogP contribution in [0.2, 0.25) is 0 Å². The van der Waals surface area contributed by atoms with Gasteiger partial charge >= 0.3 is 0 Å². The standard InChI is InChI=1S/C21H21N3O4S3/c1-22-21(29)24-31(26,27)19-14-15(6-8-17(19)18-5-2-12-28-18)10-11-23-20(25)9-7-16-4-3-13-30-16/h2-9,12-14H,10-11H2,1H3,(H,23,25)(H2,22,24,29)/b9-7+. The Bertz CT molecular complexity index is 1170. The van der Waals surface area contributed by atoms with Crippen molar-refractivity contribution in [2.45, 2.75) is 11.3 Å². The largest absolute Gasteiger partial charge is 0.464 e. The van der Waals surface area contributed by atoms with Crippen LogP contribution in [0.1, 0.15) is 10.4 Å². The molecule has 0 atom stereocenters. The molecule has 31 heavy (non-hydrogen) atoms. The van der Waals surface area contributed by atoms with Crippen molar-refractivity contribution < 1.29 is 17.6 Å². The zero-order valence-electron chi connectivity index (χ0n) is 16.6. The van der Waals surface area contributed by atoms with Crippen molar-refractivity contribution in [2.24, 2.45) is 0 Å². The molecule has 0 aliphatic carbocycles. The van der Waals surface area contributed by atoms with Crippen LogP contribution in [0.3, 0.4) is 0 Å². The SMILES string of the molecule is CNC(=S)NS(=O)(=O)c1cc(CCNC(=O)/C=C/c2cccs2)ccc1-c1ccco1. The molecule has 0 unspecified atom stereocenters. The van der Waals surface area contributed by atoms with Crippen LogP contribution in [0.4, 0.5) is 0 Å². The fourth-order valence-corrected chi connectivity index (χ4v) is 4.91. The minimum atomic E-state index is -3.94. The predicted molar refractivity (Wildman–Crippen MR) is 126 cm³/mol. The van der Waals surface area contributed by atoms with Gasteiger partial charge in [-0.25, -0.2) is 8.42 Å². The number of thiophene rings is 1. The fourth-order valence-electron chi connectivity index (χ4n) is 2.74. The van der Waals surface area contributed by atoms with Gasteiger partial charge in [-0.2, -0.15) is 0 Å². The molecule has 0 bridgehead atoms. The highest BCUT2D eigenvalue weighted by molar-refractivity contribution is 7.92. The molecule has 3 N–H and O–H groups in total. The highest BCUT2D eigenvalue weighted by Gasteiger charge is 2.22. The van der Waals surface area contributed by atoms with Crippen LogP contribution >= 0.6 is 23.6 Å². The van der Waals surface area contributed by atoms with Crippen molar-refractivity contribution in [1.82, 2.24) is 15.4 Å². The van der Waals surface area contributed by atoms with E-state index in [4.69, 9.17) is 16.6 Å². The molecule has 10 heteroatoms. The van der Waals surface area contributed by atoms with E-state index in [1.54, 1.807) is 47.7 Å². The maximum Gasteiger partial charge on any atom is 0.264 e. The van der Waals surface area contributed by atoms with Crippen LogP contribution < -0.4 is 15.4 Å². The molecule has 0 saturated carbocycles. The first-order valence-corrected chi connectivity index (χ1v) is 12.1. The normalized spacial score (nSPS) is 11.4. The average molecular weight is 476 g/mol. The van der Waals surface area contributed by atoms with E-state index in [9.17, 15) is 13.2 Å². The van der Waals surface area contributed by atoms with Gasteiger partial charge in [0, 0.05) is 30.1 Å². The lowest BCUT2D eigenvalue weighted by molar-refractivity contribution is -0.116. The minimum Gasteiger partial charge on any atom is -0.464 e. The maximum absolute atomic E-state index is 12.9. The molecule has 2 heterocycles. The molecule has 0 saturated heterocycles. The second kappa shape index (κ2) is 10.4. The molecular formula is C21H21N3O4S3. The number of nitrogens with one attached hydrogen (secondary N) is 3. The van der Waals surface area contributed by atoms with Gasteiger partial charge in [0.2, 0.25) is 5.91 Å². The quantitative estimate of drug-likeness (QED) is 0.342. The molecule has 162 valence electrons. The minimum absolute atomic E-state index is 0.0133. The summed E-state index contributed by atoms with van der Waals surface area (Å²) < 4.78 is 33.5. The maximum atomic E-state index is 12.9. The lowest BCUT2D eigenvalue weighted by Gasteiger charge is -2.13. The van der Waals surface area contributed by atoms with Crippen LogP contribution in [0.15, 0.2) is 69.5 Å². The fraction of sp³-hybridized carbons (Fsp3) is 0.143. The summed E-state index contributed by atoms with van der Waals surface area (Å²) in [5, 5.41) is 7.32. The first kappa shape index (κ1) is 22.7. The summed E-state index contributed by atoms with van der Waals surface area (Å²) in [6.07, 6.45) is 5.16. The molecule has 2 aromatic heterocycles. The van der Waals surface area contributed by atoms with Gasteiger partial charge in [0.15, 0.2) is 5.11 Å². The number of amides is 1. The Kier molecular flexibility index (Phi) is 7.61. The van der Waals surface area contributed by atoms with Gasteiger partial charge in [0.1, 0.15) is 5.76 Å². The highest BCUT2D eigenvalue weighted by Crippen LogP contribution is 2.29. The van der Waals surface area contributed by atoms with E-state index < -0.39 is 10.0 Å². The molecule has 0 radical (unpaired) electrons. The number of carbonyl (C=O) groups is 1. The summed E-state index contributed by atoms with van der Waals surface area (Å²) in [5.74, 6) is 0.212. The number of furan rings is 1. The molecule has 0 aliphatic rings. The van der Waals surface area contributed by atoms with Crippen LogP contribution in [0.25, 0.3) is 17.4 Å². The third kappa shape index (κ3) is 6.27. The lowest BCUT2D eigenvalue weighted by Crippen LogP contribution is -2.37. The summed E-state index contributed by atoms with van der Waals surface area (Å²) in [5.41, 5.74) is 1.16. The molecular weight excluding hydrogens is 454 g/mol. The van der Waals surface area contributed by atoms with E-state index in [0.717, 1.165) is 10.4 Å². The number of sulfonamides is 1. The van der Waals surface area contributed by atoms with Gasteiger partial charge in [-0.1, -0.05) is 12.1 Å². The monoisotopic (exact) mass is 475 g/mol. The summed E-state index contributed by atoms with van der Waals surface area (Å²) in [4.78, 5) is 13.0. The van der Waals surface area contributed by atoms with Crippen LogP contribution in [-0.2, 0) is 21.2 Å². The predicted octanol–water partition coefficient (Wildman–Crippen LogP) is 3.16. The first-order valence-electron chi connectivity index (χ1n) is 9.30. The van der Waals surface area contributed by atoms with E-state index >= 15 is 0 Å². The van der Waals surface area contributed by atoms with E-state index in [1.807, 2.05) is 17.5 Å². The number of rotatable bonds is 8. The average Bonchev–Trinajstić information content (AvgIpc) is 3.46. The summed E-state index contributed by atoms with van der Waals surface area (Å²) in [7, 11) is -2.40. The molecule has 3 aromatic rings. The molecule has 3 rings (SSSR count). The topological polar surface area (TPSA) is 100 Å². The van der Waals surface area contributed by atoms with Gasteiger partial charge < -0.3 is 15.1 Å². The van der Waals surface area contributed by atoms with E-state index in [1.165, 1.54) is 19.4 Å². The number of carbonyl (C=O) groups excluding carboxylic acids is 1. The van der Waals surface area contributed by atoms with E-state index in [-0.39, 0.29) is 15.9 Å². The Hall–Kier alpha value is -2.95. The van der Waals surface area contributed by atoms with Gasteiger partial charge in [-0.05, 0) is 66.0 Å². The summed E-state index contributed by atoms with van der Waals surface area (Å²) >= 11 is 6.50. The van der Waals surface area contributed by atoms with Gasteiger partial charge in [0.25, 0.3) is 10.0 Å². The molecule has 0 aliphatic heterocycles. The Balaban J connectivity index is 1.74. The Morgan fingerprint density at radius 1 is 1.23 bits per heavy atom. The van der Waals surface area contributed by atoms with Gasteiger partial charge in [0.05, 0.1) is 11.2 Å². The number of hydrogen-bond donors (Lipinski definition) is 3. The Morgan fingerprint density at radius 3 is 2.74 bits per heavy atom. The Labute approximate surface area is 190 Å². The van der Waals surface area contributed by atoms with Crippen molar-refractivity contribution in [1.29, 1.82) is 0 Å². The number of hydrogen-bond acceptors (Lipinski definition) is 6. The third-order valence-corrected chi connectivity index (χ3v) is 6.89. The van der Waals surface area contributed by atoms with Crippen molar-refractivity contribution in [3.8, 4) is 11.3 Å². The smallest absolute Gasteiger partial charge is 0.264 e. The van der Waals surface area contributed by atoms with Crippen LogP contribution in [-0.4, -0.2) is 33.0 Å². The second-order valence-corrected chi connectivity index (χ2v) is 9.42. The van der Waals surface area contributed by atoms with E-state index in [2.05, 4.69) is 15.4 Å². The van der Waals surface area contributed by atoms with E-state index in [0.29, 0.717) is 24.3 Å². The molecule has 1 amide bonds. The second-order valence-electron chi connectivity index (χ2n) is 6.38. The highest BCUT2D eigenvalue weighted by atomic mass is 32.2. The molecule has 0 spiro atoms. The first-order chi connectivity index (χ1) is 14.9. The van der Waals surface area contributed by atoms with Crippen molar-refractivity contribution in [3.05, 3.63) is 70.6 Å². The lowest BCUT2D eigenvalue weighted by atomic mass is 10.1. The zero-order chi connectivity index (χ0) is 22.3. The Morgan fingerprint density at radius 2 is 2.06 bits per heavy atom. The van der Waals surface area contributed by atoms with Crippen molar-refractivity contribution >= 4 is 50.7 Å². The van der Waals surface area contributed by atoms with Crippen molar-refractivity contribution in [3.63, 3.8) is 0 Å². The molecule has 7 nitrogen and oxygen atoms in total.